The zero-order chi connectivity index (χ0) is 19.0. The minimum absolute atomic E-state index is 0.0621. The molecule has 2 atom stereocenters. The van der Waals surface area contributed by atoms with Crippen molar-refractivity contribution in [3.63, 3.8) is 0 Å². The zero-order valence-corrected chi connectivity index (χ0v) is 15.9. The van der Waals surface area contributed by atoms with Crippen LogP contribution in [0.25, 0.3) is 0 Å². The van der Waals surface area contributed by atoms with Crippen molar-refractivity contribution in [2.45, 2.75) is 32.4 Å². The summed E-state index contributed by atoms with van der Waals surface area (Å²) in [6, 6.07) is 12.4. The standard InChI is InChI=1S/C20H23N5O2/c1-12-5-6-14(9-13(12)2)17-11-18(25-20(21-17)22-23-24-25)16-10-15(26-3)7-8-19(16)27-4/h5-10,17-18H,11H2,1-4H3,(H,21,22,24)/t17-,18+/m1/s1. The van der Waals surface area contributed by atoms with Gasteiger partial charge in [-0.2, -0.15) is 0 Å². The van der Waals surface area contributed by atoms with Gasteiger partial charge in [0.05, 0.1) is 26.3 Å². The summed E-state index contributed by atoms with van der Waals surface area (Å²) in [5, 5.41) is 15.7. The van der Waals surface area contributed by atoms with Crippen molar-refractivity contribution < 1.29 is 9.47 Å². The molecule has 0 unspecified atom stereocenters. The Morgan fingerprint density at radius 1 is 1.04 bits per heavy atom. The number of aromatic nitrogens is 4. The minimum atomic E-state index is -0.0621. The molecule has 2 aromatic carbocycles. The van der Waals surface area contributed by atoms with Crippen molar-refractivity contribution in [1.29, 1.82) is 0 Å². The summed E-state index contributed by atoms with van der Waals surface area (Å²) < 4.78 is 12.8. The fourth-order valence-electron chi connectivity index (χ4n) is 3.60. The van der Waals surface area contributed by atoms with Crippen LogP contribution in [0, 0.1) is 13.8 Å². The van der Waals surface area contributed by atoms with Crippen molar-refractivity contribution in [1.82, 2.24) is 20.2 Å². The number of methoxy groups -OCH3 is 2. The van der Waals surface area contributed by atoms with E-state index in [2.05, 4.69) is 52.9 Å². The normalized spacial score (nSPS) is 18.5. The summed E-state index contributed by atoms with van der Waals surface area (Å²) in [6.45, 7) is 4.26. The molecule has 0 saturated carbocycles. The number of hydrogen-bond donors (Lipinski definition) is 1. The number of hydrogen-bond acceptors (Lipinski definition) is 6. The van der Waals surface area contributed by atoms with Gasteiger partial charge in [-0.25, -0.2) is 4.68 Å². The second-order valence-electron chi connectivity index (χ2n) is 6.85. The van der Waals surface area contributed by atoms with Crippen LogP contribution in [-0.4, -0.2) is 34.4 Å². The summed E-state index contributed by atoms with van der Waals surface area (Å²) in [4.78, 5) is 0. The van der Waals surface area contributed by atoms with Gasteiger partial charge in [0.1, 0.15) is 11.5 Å². The summed E-state index contributed by atoms with van der Waals surface area (Å²) in [5.74, 6) is 2.23. The van der Waals surface area contributed by atoms with E-state index in [-0.39, 0.29) is 12.1 Å². The topological polar surface area (TPSA) is 74.1 Å². The van der Waals surface area contributed by atoms with Crippen LogP contribution >= 0.6 is 0 Å². The van der Waals surface area contributed by atoms with Crippen LogP contribution < -0.4 is 14.8 Å². The highest BCUT2D eigenvalue weighted by atomic mass is 16.5. The van der Waals surface area contributed by atoms with Gasteiger partial charge in [-0.3, -0.25) is 0 Å². The minimum Gasteiger partial charge on any atom is -0.497 e. The summed E-state index contributed by atoms with van der Waals surface area (Å²) in [5.41, 5.74) is 4.78. The van der Waals surface area contributed by atoms with Crippen LogP contribution in [0.15, 0.2) is 36.4 Å². The van der Waals surface area contributed by atoms with E-state index in [1.165, 1.54) is 16.7 Å². The van der Waals surface area contributed by atoms with Crippen LogP contribution in [0.5, 0.6) is 11.5 Å². The Morgan fingerprint density at radius 2 is 1.89 bits per heavy atom. The molecule has 7 nitrogen and oxygen atoms in total. The second kappa shape index (κ2) is 6.90. The number of rotatable bonds is 4. The first kappa shape index (κ1) is 17.3. The van der Waals surface area contributed by atoms with Crippen molar-refractivity contribution in [3.8, 4) is 11.5 Å². The zero-order valence-electron chi connectivity index (χ0n) is 15.9. The number of ether oxygens (including phenoxy) is 2. The lowest BCUT2D eigenvalue weighted by molar-refractivity contribution is 0.371. The third-order valence-electron chi connectivity index (χ3n) is 5.28. The molecule has 0 saturated heterocycles. The predicted molar refractivity (Wildman–Crippen MR) is 102 cm³/mol. The molecule has 3 aromatic rings. The summed E-state index contributed by atoms with van der Waals surface area (Å²) in [6.07, 6.45) is 0.796. The van der Waals surface area contributed by atoms with Crippen molar-refractivity contribution >= 4 is 5.95 Å². The molecule has 140 valence electrons. The molecule has 0 spiro atoms. The Bertz CT molecular complexity index is 969. The monoisotopic (exact) mass is 365 g/mol. The van der Waals surface area contributed by atoms with Crippen LogP contribution in [0.3, 0.4) is 0 Å². The number of benzene rings is 2. The molecule has 0 bridgehead atoms. The van der Waals surface area contributed by atoms with Gasteiger partial charge in [0.25, 0.3) is 0 Å². The average Bonchev–Trinajstić information content (AvgIpc) is 3.17. The second-order valence-corrected chi connectivity index (χ2v) is 6.85. The SMILES string of the molecule is COc1ccc(OC)c([C@@H]2C[C@H](c3ccc(C)c(C)c3)Nc3nnnn32)c1. The average molecular weight is 365 g/mol. The van der Waals surface area contributed by atoms with E-state index < -0.39 is 0 Å². The molecule has 1 aliphatic heterocycles. The maximum Gasteiger partial charge on any atom is 0.243 e. The van der Waals surface area contributed by atoms with Crippen LogP contribution in [0.4, 0.5) is 5.95 Å². The van der Waals surface area contributed by atoms with E-state index in [9.17, 15) is 0 Å². The predicted octanol–water partition coefficient (Wildman–Crippen LogP) is 3.45. The molecule has 1 aliphatic rings. The molecule has 2 heterocycles. The van der Waals surface area contributed by atoms with E-state index in [4.69, 9.17) is 9.47 Å². The summed E-state index contributed by atoms with van der Waals surface area (Å²) in [7, 11) is 3.34. The highest BCUT2D eigenvalue weighted by molar-refractivity contribution is 5.46. The first-order valence-electron chi connectivity index (χ1n) is 8.94. The quantitative estimate of drug-likeness (QED) is 0.763. The molecule has 1 aromatic heterocycles. The number of aryl methyl sites for hydroxylation is 2. The lowest BCUT2D eigenvalue weighted by atomic mass is 9.91. The molecule has 7 heteroatoms. The van der Waals surface area contributed by atoms with Crippen molar-refractivity contribution in [3.05, 3.63) is 58.7 Å². The molecule has 0 amide bonds. The fourth-order valence-corrected chi connectivity index (χ4v) is 3.60. The Balaban J connectivity index is 1.78. The molecule has 0 radical (unpaired) electrons. The van der Waals surface area contributed by atoms with E-state index in [1.54, 1.807) is 14.2 Å². The first-order valence-corrected chi connectivity index (χ1v) is 8.94. The highest BCUT2D eigenvalue weighted by Gasteiger charge is 2.32. The first-order chi connectivity index (χ1) is 13.1. The van der Waals surface area contributed by atoms with Gasteiger partial charge >= 0.3 is 0 Å². The Hall–Kier alpha value is -3.09. The number of fused-ring (bicyclic) bond motifs is 1. The van der Waals surface area contributed by atoms with Crippen LogP contribution in [-0.2, 0) is 0 Å². The smallest absolute Gasteiger partial charge is 0.243 e. The maximum atomic E-state index is 5.61. The summed E-state index contributed by atoms with van der Waals surface area (Å²) >= 11 is 0. The van der Waals surface area contributed by atoms with Gasteiger partial charge < -0.3 is 14.8 Å². The Morgan fingerprint density at radius 3 is 2.63 bits per heavy atom. The largest absolute Gasteiger partial charge is 0.497 e. The van der Waals surface area contributed by atoms with Crippen molar-refractivity contribution in [2.75, 3.05) is 19.5 Å². The van der Waals surface area contributed by atoms with Gasteiger partial charge in [0, 0.05) is 5.56 Å². The van der Waals surface area contributed by atoms with Crippen LogP contribution in [0.1, 0.15) is 40.8 Å². The molecule has 27 heavy (non-hydrogen) atoms. The Kier molecular flexibility index (Phi) is 4.43. The number of nitrogens with zero attached hydrogens (tertiary/aromatic N) is 4. The molecule has 0 aliphatic carbocycles. The van der Waals surface area contributed by atoms with E-state index >= 15 is 0 Å². The maximum absolute atomic E-state index is 5.61. The lowest BCUT2D eigenvalue weighted by Crippen LogP contribution is -2.28. The van der Waals surface area contributed by atoms with Crippen LogP contribution in [0.2, 0.25) is 0 Å². The molecule has 1 N–H and O–H groups in total. The molecular weight excluding hydrogens is 342 g/mol. The molecule has 0 fully saturated rings. The number of anilines is 1. The highest BCUT2D eigenvalue weighted by Crippen LogP contribution is 2.41. The van der Waals surface area contributed by atoms with Crippen molar-refractivity contribution in [2.24, 2.45) is 0 Å². The van der Waals surface area contributed by atoms with Gasteiger partial charge in [0.15, 0.2) is 0 Å². The molecular formula is C20H23N5O2. The van der Waals surface area contributed by atoms with Gasteiger partial charge in [-0.05, 0) is 65.6 Å². The third kappa shape index (κ3) is 3.09. The lowest BCUT2D eigenvalue weighted by Gasteiger charge is -2.32. The number of tetrazole rings is 1. The van der Waals surface area contributed by atoms with Gasteiger partial charge in [-0.15, -0.1) is 0 Å². The van der Waals surface area contributed by atoms with Gasteiger partial charge in [-0.1, -0.05) is 23.3 Å². The fraction of sp³-hybridized carbons (Fsp3) is 0.350. The Labute approximate surface area is 158 Å². The third-order valence-corrected chi connectivity index (χ3v) is 5.28. The van der Waals surface area contributed by atoms with E-state index in [0.29, 0.717) is 5.95 Å². The number of nitrogens with one attached hydrogen (secondary N) is 1. The van der Waals surface area contributed by atoms with E-state index in [1.807, 2.05) is 22.9 Å². The van der Waals surface area contributed by atoms with Gasteiger partial charge in [0.2, 0.25) is 5.95 Å². The molecule has 4 rings (SSSR count). The van der Waals surface area contributed by atoms with E-state index in [0.717, 1.165) is 23.5 Å².